The van der Waals surface area contributed by atoms with Crippen molar-refractivity contribution in [2.45, 2.75) is 25.7 Å². The highest BCUT2D eigenvalue weighted by Gasteiger charge is 2.33. The van der Waals surface area contributed by atoms with Gasteiger partial charge in [-0.25, -0.2) is 9.78 Å². The van der Waals surface area contributed by atoms with Crippen LogP contribution in [-0.2, 0) is 9.47 Å². The van der Waals surface area contributed by atoms with Gasteiger partial charge in [0.2, 0.25) is 5.88 Å². The van der Waals surface area contributed by atoms with Crippen molar-refractivity contribution in [1.82, 2.24) is 4.98 Å². The Morgan fingerprint density at radius 3 is 3.06 bits per heavy atom. The van der Waals surface area contributed by atoms with Crippen molar-refractivity contribution in [2.75, 3.05) is 13.2 Å². The number of carboxylic acids is 1. The van der Waals surface area contributed by atoms with Gasteiger partial charge in [-0.1, -0.05) is 0 Å². The molecule has 1 aromatic rings. The average Bonchev–Trinajstić information content (AvgIpc) is 2.66. The molecule has 0 bridgehead atoms. The molecular formula is C12H15NO5. The van der Waals surface area contributed by atoms with Crippen LogP contribution >= 0.6 is 0 Å². The molecule has 18 heavy (non-hydrogen) atoms. The molecule has 1 atom stereocenters. The second kappa shape index (κ2) is 4.91. The first-order chi connectivity index (χ1) is 8.48. The number of aromatic nitrogens is 1. The van der Waals surface area contributed by atoms with Crippen molar-refractivity contribution in [3.8, 4) is 5.88 Å². The van der Waals surface area contributed by atoms with Gasteiger partial charge < -0.3 is 19.3 Å². The summed E-state index contributed by atoms with van der Waals surface area (Å²) in [7, 11) is 0. The Hall–Kier alpha value is -1.66. The third-order valence-electron chi connectivity index (χ3n) is 2.47. The lowest BCUT2D eigenvalue weighted by molar-refractivity contribution is -0.141. The van der Waals surface area contributed by atoms with E-state index in [-0.39, 0.29) is 24.2 Å². The smallest absolute Gasteiger partial charge is 0.341 e. The maximum Gasteiger partial charge on any atom is 0.341 e. The van der Waals surface area contributed by atoms with Crippen LogP contribution in [0.1, 0.15) is 24.2 Å². The normalized spacial score (nSPS) is 21.8. The molecule has 6 heteroatoms. The Morgan fingerprint density at radius 1 is 1.67 bits per heavy atom. The molecule has 2 heterocycles. The zero-order chi connectivity index (χ0) is 13.2. The van der Waals surface area contributed by atoms with Crippen molar-refractivity contribution in [1.29, 1.82) is 0 Å². The molecule has 0 radical (unpaired) electrons. The van der Waals surface area contributed by atoms with Crippen LogP contribution < -0.4 is 4.74 Å². The summed E-state index contributed by atoms with van der Waals surface area (Å²) in [5, 5.41) is 8.96. The fourth-order valence-electron chi connectivity index (χ4n) is 1.69. The first kappa shape index (κ1) is 12.8. The number of ether oxygens (including phenoxy) is 3. The highest BCUT2D eigenvalue weighted by Crippen LogP contribution is 2.23. The van der Waals surface area contributed by atoms with Gasteiger partial charge in [-0.15, -0.1) is 0 Å². The molecule has 1 fully saturated rings. The van der Waals surface area contributed by atoms with E-state index in [2.05, 4.69) is 4.98 Å². The molecule has 0 saturated carbocycles. The molecular weight excluding hydrogens is 238 g/mol. The Balaban J connectivity index is 1.97. The molecule has 2 rings (SSSR count). The lowest BCUT2D eigenvalue weighted by Crippen LogP contribution is -2.25. The van der Waals surface area contributed by atoms with Crippen LogP contribution in [0.15, 0.2) is 18.3 Å². The van der Waals surface area contributed by atoms with Crippen LogP contribution in [0.25, 0.3) is 0 Å². The molecule has 0 unspecified atom stereocenters. The van der Waals surface area contributed by atoms with Crippen molar-refractivity contribution in [3.05, 3.63) is 23.9 Å². The summed E-state index contributed by atoms with van der Waals surface area (Å²) in [4.78, 5) is 14.8. The first-order valence-corrected chi connectivity index (χ1v) is 5.61. The number of hydrogen-bond donors (Lipinski definition) is 1. The summed E-state index contributed by atoms with van der Waals surface area (Å²) >= 11 is 0. The molecule has 0 amide bonds. The molecule has 1 saturated heterocycles. The Morgan fingerprint density at radius 2 is 2.44 bits per heavy atom. The van der Waals surface area contributed by atoms with Gasteiger partial charge in [0.25, 0.3) is 0 Å². The third kappa shape index (κ3) is 2.96. The second-order valence-corrected chi connectivity index (χ2v) is 4.42. The van der Waals surface area contributed by atoms with Gasteiger partial charge in [0.05, 0.1) is 6.61 Å². The van der Waals surface area contributed by atoms with E-state index in [0.29, 0.717) is 6.61 Å². The zero-order valence-electron chi connectivity index (χ0n) is 10.3. The fourth-order valence-corrected chi connectivity index (χ4v) is 1.69. The summed E-state index contributed by atoms with van der Waals surface area (Å²) in [6.07, 6.45) is 1.27. The standard InChI is InChI=1S/C12H15NO5/c1-12(2)17-7-8(18-12)6-16-10-9(11(14)15)4-3-5-13-10/h3-5,8H,6-7H2,1-2H3,(H,14,15)/t8-/m0/s1. The van der Waals surface area contributed by atoms with Crippen molar-refractivity contribution in [3.63, 3.8) is 0 Å². The number of aromatic carboxylic acids is 1. The van der Waals surface area contributed by atoms with Crippen LogP contribution in [0.3, 0.4) is 0 Å². The van der Waals surface area contributed by atoms with Gasteiger partial charge in [0.1, 0.15) is 18.3 Å². The van der Waals surface area contributed by atoms with E-state index >= 15 is 0 Å². The van der Waals surface area contributed by atoms with Crippen LogP contribution in [0.2, 0.25) is 0 Å². The molecule has 1 aliphatic heterocycles. The van der Waals surface area contributed by atoms with Gasteiger partial charge >= 0.3 is 5.97 Å². The van der Waals surface area contributed by atoms with Crippen molar-refractivity contribution >= 4 is 5.97 Å². The van der Waals surface area contributed by atoms with E-state index in [1.165, 1.54) is 12.3 Å². The molecule has 98 valence electrons. The van der Waals surface area contributed by atoms with Gasteiger partial charge in [0, 0.05) is 6.20 Å². The van der Waals surface area contributed by atoms with Gasteiger partial charge in [-0.3, -0.25) is 0 Å². The highest BCUT2D eigenvalue weighted by molar-refractivity contribution is 5.90. The number of nitrogens with zero attached hydrogens (tertiary/aromatic N) is 1. The predicted molar refractivity (Wildman–Crippen MR) is 61.6 cm³/mol. The maximum atomic E-state index is 10.9. The minimum Gasteiger partial charge on any atom is -0.477 e. The lowest BCUT2D eigenvalue weighted by atomic mass is 10.3. The number of pyridine rings is 1. The topological polar surface area (TPSA) is 77.9 Å². The average molecular weight is 253 g/mol. The second-order valence-electron chi connectivity index (χ2n) is 4.42. The monoisotopic (exact) mass is 253 g/mol. The SMILES string of the molecule is CC1(C)OC[C@H](COc2ncccc2C(=O)O)O1. The number of rotatable bonds is 4. The third-order valence-corrected chi connectivity index (χ3v) is 2.47. The van der Waals surface area contributed by atoms with Crippen LogP contribution in [0, 0.1) is 0 Å². The Labute approximate surface area is 104 Å². The molecule has 1 aliphatic rings. The fraction of sp³-hybridized carbons (Fsp3) is 0.500. The number of carboxylic acid groups (broad SMARTS) is 1. The van der Waals surface area contributed by atoms with Crippen LogP contribution in [-0.4, -0.2) is 41.2 Å². The molecule has 6 nitrogen and oxygen atoms in total. The summed E-state index contributed by atoms with van der Waals surface area (Å²) in [5.74, 6) is -1.59. The molecule has 1 N–H and O–H groups in total. The first-order valence-electron chi connectivity index (χ1n) is 5.61. The summed E-state index contributed by atoms with van der Waals surface area (Å²) in [6.45, 7) is 4.26. The maximum absolute atomic E-state index is 10.9. The zero-order valence-corrected chi connectivity index (χ0v) is 10.3. The van der Waals surface area contributed by atoms with Crippen LogP contribution in [0.4, 0.5) is 0 Å². The minimum atomic E-state index is -1.07. The summed E-state index contributed by atoms with van der Waals surface area (Å²) < 4.78 is 16.3. The largest absolute Gasteiger partial charge is 0.477 e. The van der Waals surface area contributed by atoms with E-state index in [4.69, 9.17) is 19.3 Å². The van der Waals surface area contributed by atoms with Gasteiger partial charge in [-0.2, -0.15) is 0 Å². The number of carbonyl (C=O) groups is 1. The molecule has 0 aromatic carbocycles. The van der Waals surface area contributed by atoms with Crippen molar-refractivity contribution in [2.24, 2.45) is 0 Å². The summed E-state index contributed by atoms with van der Waals surface area (Å²) in [6, 6.07) is 3.00. The number of hydrogen-bond acceptors (Lipinski definition) is 5. The van der Waals surface area contributed by atoms with E-state index in [0.717, 1.165) is 0 Å². The Kier molecular flexibility index (Phi) is 3.49. The van der Waals surface area contributed by atoms with Crippen LogP contribution in [0.5, 0.6) is 5.88 Å². The van der Waals surface area contributed by atoms with Crippen molar-refractivity contribution < 1.29 is 24.1 Å². The van der Waals surface area contributed by atoms with E-state index < -0.39 is 11.8 Å². The Bertz CT molecular complexity index is 446. The van der Waals surface area contributed by atoms with E-state index in [1.807, 2.05) is 13.8 Å². The van der Waals surface area contributed by atoms with E-state index in [1.54, 1.807) is 6.07 Å². The predicted octanol–water partition coefficient (Wildman–Crippen LogP) is 1.31. The lowest BCUT2D eigenvalue weighted by Gasteiger charge is -2.17. The highest BCUT2D eigenvalue weighted by atomic mass is 16.7. The summed E-state index contributed by atoms with van der Waals surface area (Å²) in [5.41, 5.74) is 0.0377. The molecule has 1 aromatic heterocycles. The molecule has 0 spiro atoms. The van der Waals surface area contributed by atoms with Gasteiger partial charge in [-0.05, 0) is 26.0 Å². The quantitative estimate of drug-likeness (QED) is 0.871. The minimum absolute atomic E-state index is 0.0377. The van der Waals surface area contributed by atoms with E-state index in [9.17, 15) is 4.79 Å². The molecule has 0 aliphatic carbocycles. The van der Waals surface area contributed by atoms with Gasteiger partial charge in [0.15, 0.2) is 5.79 Å².